The van der Waals surface area contributed by atoms with Crippen molar-refractivity contribution < 1.29 is 0 Å². The zero-order chi connectivity index (χ0) is 7.11. The summed E-state index contributed by atoms with van der Waals surface area (Å²) in [6.07, 6.45) is 5.74. The largest absolute Gasteiger partial charge is 0.343 e. The highest BCUT2D eigenvalue weighted by atomic mass is 15.1. The summed E-state index contributed by atoms with van der Waals surface area (Å²) in [7, 11) is 1.96. The van der Waals surface area contributed by atoms with Gasteiger partial charge in [0.2, 0.25) is 0 Å². The van der Waals surface area contributed by atoms with Gasteiger partial charge in [0.25, 0.3) is 0 Å². The monoisotopic (exact) mass is 126 g/mol. The molecule has 0 aliphatic rings. The van der Waals surface area contributed by atoms with Crippen molar-refractivity contribution in [1.29, 1.82) is 0 Å². The van der Waals surface area contributed by atoms with Crippen LogP contribution in [0.5, 0.6) is 0 Å². The SMILES string of the molecule is C/C=C\N(C)/C=N/CC. The lowest BCUT2D eigenvalue weighted by Crippen LogP contribution is -2.06. The second kappa shape index (κ2) is 5.35. The first-order chi connectivity index (χ1) is 4.31. The van der Waals surface area contributed by atoms with E-state index in [1.807, 2.05) is 38.1 Å². The maximum Gasteiger partial charge on any atom is 0.0886 e. The van der Waals surface area contributed by atoms with E-state index in [9.17, 15) is 0 Å². The molecule has 0 aromatic heterocycles. The van der Waals surface area contributed by atoms with Crippen LogP contribution in [-0.4, -0.2) is 24.8 Å². The van der Waals surface area contributed by atoms with E-state index in [0.717, 1.165) is 6.54 Å². The Morgan fingerprint density at radius 3 is 2.67 bits per heavy atom. The molecule has 0 aromatic carbocycles. The molecule has 52 valence electrons. The number of nitrogens with zero attached hydrogens (tertiary/aromatic N) is 2. The zero-order valence-electron chi connectivity index (χ0n) is 6.33. The molecule has 0 saturated carbocycles. The van der Waals surface area contributed by atoms with E-state index in [1.54, 1.807) is 6.34 Å². The fourth-order valence-electron chi connectivity index (χ4n) is 0.484. The molecule has 2 heteroatoms. The van der Waals surface area contributed by atoms with Gasteiger partial charge in [-0.25, -0.2) is 0 Å². The van der Waals surface area contributed by atoms with E-state index in [0.29, 0.717) is 0 Å². The molecule has 2 nitrogen and oxygen atoms in total. The van der Waals surface area contributed by atoms with Gasteiger partial charge >= 0.3 is 0 Å². The molecule has 0 heterocycles. The summed E-state index contributed by atoms with van der Waals surface area (Å²) in [5.41, 5.74) is 0. The van der Waals surface area contributed by atoms with E-state index in [1.165, 1.54) is 0 Å². The topological polar surface area (TPSA) is 15.6 Å². The number of allylic oxidation sites excluding steroid dienone is 1. The fraction of sp³-hybridized carbons (Fsp3) is 0.571. The minimum absolute atomic E-state index is 0.849. The van der Waals surface area contributed by atoms with E-state index < -0.39 is 0 Å². The molecule has 0 aromatic rings. The van der Waals surface area contributed by atoms with E-state index in [2.05, 4.69) is 4.99 Å². The van der Waals surface area contributed by atoms with Crippen molar-refractivity contribution in [3.63, 3.8) is 0 Å². The molecule has 0 spiro atoms. The fourth-order valence-corrected chi connectivity index (χ4v) is 0.484. The summed E-state index contributed by atoms with van der Waals surface area (Å²) in [6.45, 7) is 4.85. The lowest BCUT2D eigenvalue weighted by Gasteiger charge is -2.03. The van der Waals surface area contributed by atoms with Crippen molar-refractivity contribution >= 4 is 6.34 Å². The Bertz CT molecular complexity index is 105. The summed E-state index contributed by atoms with van der Waals surface area (Å²) >= 11 is 0. The Hall–Kier alpha value is -0.790. The van der Waals surface area contributed by atoms with Crippen LogP contribution in [-0.2, 0) is 0 Å². The lowest BCUT2D eigenvalue weighted by atomic mass is 10.6. The van der Waals surface area contributed by atoms with Crippen LogP contribution in [0.25, 0.3) is 0 Å². The molecule has 0 amide bonds. The van der Waals surface area contributed by atoms with Gasteiger partial charge in [0.1, 0.15) is 0 Å². The van der Waals surface area contributed by atoms with Crippen molar-refractivity contribution in [2.24, 2.45) is 4.99 Å². The van der Waals surface area contributed by atoms with Crippen LogP contribution in [0.2, 0.25) is 0 Å². The highest BCUT2D eigenvalue weighted by Gasteiger charge is 1.76. The standard InChI is InChI=1S/C7H14N2/c1-4-6-9(3)7-8-5-2/h4,6-7H,5H2,1-3H3/b6-4-,8-7+. The predicted molar refractivity (Wildman–Crippen MR) is 41.6 cm³/mol. The summed E-state index contributed by atoms with van der Waals surface area (Å²) < 4.78 is 0. The van der Waals surface area contributed by atoms with Gasteiger partial charge in [-0.1, -0.05) is 6.08 Å². The molecule has 0 atom stereocenters. The zero-order valence-corrected chi connectivity index (χ0v) is 6.33. The van der Waals surface area contributed by atoms with Gasteiger partial charge in [-0.15, -0.1) is 0 Å². The molecule has 9 heavy (non-hydrogen) atoms. The first-order valence-corrected chi connectivity index (χ1v) is 3.16. The van der Waals surface area contributed by atoms with E-state index >= 15 is 0 Å². The average Bonchev–Trinajstić information content (AvgIpc) is 1.85. The summed E-state index contributed by atoms with van der Waals surface area (Å²) in [5.74, 6) is 0. The highest BCUT2D eigenvalue weighted by molar-refractivity contribution is 5.55. The second-order valence-corrected chi connectivity index (χ2v) is 1.76. The Morgan fingerprint density at radius 2 is 2.22 bits per heavy atom. The van der Waals surface area contributed by atoms with Crippen molar-refractivity contribution in [2.75, 3.05) is 13.6 Å². The van der Waals surface area contributed by atoms with Crippen LogP contribution in [0.4, 0.5) is 0 Å². The Kier molecular flexibility index (Phi) is 4.88. The van der Waals surface area contributed by atoms with Gasteiger partial charge in [-0.05, 0) is 13.8 Å². The predicted octanol–water partition coefficient (Wildman–Crippen LogP) is 1.50. The van der Waals surface area contributed by atoms with Crippen molar-refractivity contribution in [3.8, 4) is 0 Å². The van der Waals surface area contributed by atoms with Crippen molar-refractivity contribution in [2.45, 2.75) is 13.8 Å². The van der Waals surface area contributed by atoms with Crippen LogP contribution in [0, 0.1) is 0 Å². The minimum Gasteiger partial charge on any atom is -0.343 e. The summed E-state index contributed by atoms with van der Waals surface area (Å²) in [5, 5.41) is 0. The van der Waals surface area contributed by atoms with Crippen molar-refractivity contribution in [3.05, 3.63) is 12.3 Å². The first kappa shape index (κ1) is 8.21. The molecule has 0 radical (unpaired) electrons. The Labute approximate surface area is 56.9 Å². The van der Waals surface area contributed by atoms with Gasteiger partial charge < -0.3 is 4.90 Å². The van der Waals surface area contributed by atoms with Crippen LogP contribution >= 0.6 is 0 Å². The van der Waals surface area contributed by atoms with Gasteiger partial charge in [-0.3, -0.25) is 4.99 Å². The normalized spacial score (nSPS) is 11.4. The molecule has 0 N–H and O–H groups in total. The third-order valence-corrected chi connectivity index (χ3v) is 0.831. The minimum atomic E-state index is 0.849. The van der Waals surface area contributed by atoms with E-state index in [4.69, 9.17) is 0 Å². The molecular weight excluding hydrogens is 112 g/mol. The van der Waals surface area contributed by atoms with Gasteiger partial charge in [-0.2, -0.15) is 0 Å². The van der Waals surface area contributed by atoms with Crippen molar-refractivity contribution in [1.82, 2.24) is 4.90 Å². The molecule has 0 aliphatic carbocycles. The number of aliphatic imine (C=N–C) groups is 1. The maximum absolute atomic E-state index is 4.04. The second-order valence-electron chi connectivity index (χ2n) is 1.76. The molecule has 0 rings (SSSR count). The van der Waals surface area contributed by atoms with Gasteiger partial charge in [0, 0.05) is 19.8 Å². The smallest absolute Gasteiger partial charge is 0.0886 e. The first-order valence-electron chi connectivity index (χ1n) is 3.16. The quantitative estimate of drug-likeness (QED) is 0.413. The molecule has 0 bridgehead atoms. The molecule has 0 aliphatic heterocycles. The van der Waals surface area contributed by atoms with Crippen LogP contribution in [0.3, 0.4) is 0 Å². The van der Waals surface area contributed by atoms with Crippen LogP contribution in [0.15, 0.2) is 17.3 Å². The molecule has 0 saturated heterocycles. The van der Waals surface area contributed by atoms with Gasteiger partial charge in [0.05, 0.1) is 6.34 Å². The number of hydrogen-bond acceptors (Lipinski definition) is 1. The number of rotatable bonds is 3. The third kappa shape index (κ3) is 5.07. The van der Waals surface area contributed by atoms with Crippen LogP contribution in [0.1, 0.15) is 13.8 Å². The molecule has 0 fully saturated rings. The Morgan fingerprint density at radius 1 is 1.56 bits per heavy atom. The average molecular weight is 126 g/mol. The van der Waals surface area contributed by atoms with Crippen LogP contribution < -0.4 is 0 Å². The van der Waals surface area contributed by atoms with E-state index in [-0.39, 0.29) is 0 Å². The summed E-state index contributed by atoms with van der Waals surface area (Å²) in [6, 6.07) is 0. The molecule has 0 unspecified atom stereocenters. The highest BCUT2D eigenvalue weighted by Crippen LogP contribution is 1.77. The summed E-state index contributed by atoms with van der Waals surface area (Å²) in [4.78, 5) is 5.96. The lowest BCUT2D eigenvalue weighted by molar-refractivity contribution is 0.704. The molecular formula is C7H14N2. The third-order valence-electron chi connectivity index (χ3n) is 0.831. The van der Waals surface area contributed by atoms with Gasteiger partial charge in [0.15, 0.2) is 0 Å². The maximum atomic E-state index is 4.04. The Balaban J connectivity index is 3.48. The number of hydrogen-bond donors (Lipinski definition) is 0.